The van der Waals surface area contributed by atoms with E-state index in [0.29, 0.717) is 0 Å². The minimum absolute atomic E-state index is 0.0222. The molecule has 8 nitrogen and oxygen atoms in total. The maximum atomic E-state index is 4.84. The Hall–Kier alpha value is -3.04. The van der Waals surface area contributed by atoms with Crippen LogP contribution in [0.3, 0.4) is 0 Å². The minimum atomic E-state index is -0.0222. The fraction of sp³-hybridized carbons (Fsp3) is 0.300. The van der Waals surface area contributed by atoms with Crippen LogP contribution >= 0.6 is 11.3 Å². The normalized spacial score (nSPS) is 21.2. The van der Waals surface area contributed by atoms with E-state index in [0.717, 1.165) is 59.7 Å². The van der Waals surface area contributed by atoms with Crippen molar-refractivity contribution in [1.82, 2.24) is 25.4 Å². The van der Waals surface area contributed by atoms with Crippen molar-refractivity contribution in [1.29, 1.82) is 0 Å². The molecule has 0 spiro atoms. The standard InChI is InChI=1S/C20H22N8S/c1-2-17(14-11-23-24-12-14)26-19-18(3-1)27-20(29-19)25-15-10-16(4-5-22-13-15)28-8-6-21-7-9-28/h1,3-5,10-13,15,21H,2,6-9H2,(H,23,24)(H,25,27). The van der Waals surface area contributed by atoms with Crippen LogP contribution in [0.2, 0.25) is 0 Å². The van der Waals surface area contributed by atoms with E-state index in [1.807, 2.05) is 24.7 Å². The zero-order valence-electron chi connectivity index (χ0n) is 15.9. The monoisotopic (exact) mass is 406 g/mol. The lowest BCUT2D eigenvalue weighted by Crippen LogP contribution is -2.42. The van der Waals surface area contributed by atoms with Crippen LogP contribution in [0.1, 0.15) is 17.7 Å². The zero-order valence-corrected chi connectivity index (χ0v) is 16.7. The molecule has 0 aliphatic carbocycles. The number of nitrogens with one attached hydrogen (secondary N) is 3. The number of rotatable bonds is 4. The van der Waals surface area contributed by atoms with E-state index < -0.39 is 0 Å². The number of hydrogen-bond donors (Lipinski definition) is 3. The molecule has 3 N–H and O–H groups in total. The maximum Gasteiger partial charge on any atom is 0.186 e. The summed E-state index contributed by atoms with van der Waals surface area (Å²) in [5.74, 6) is 0. The van der Waals surface area contributed by atoms with E-state index in [1.54, 1.807) is 17.5 Å². The Bertz CT molecular complexity index is 1010. The average molecular weight is 407 g/mol. The summed E-state index contributed by atoms with van der Waals surface area (Å²) in [6.45, 7) is 4.02. The Morgan fingerprint density at radius 2 is 2.14 bits per heavy atom. The van der Waals surface area contributed by atoms with Gasteiger partial charge in [-0.05, 0) is 18.2 Å². The van der Waals surface area contributed by atoms with E-state index in [-0.39, 0.29) is 6.04 Å². The molecule has 0 saturated carbocycles. The van der Waals surface area contributed by atoms with Crippen LogP contribution in [0, 0.1) is 0 Å². The lowest BCUT2D eigenvalue weighted by Gasteiger charge is -2.30. The van der Waals surface area contributed by atoms with Gasteiger partial charge in [-0.25, -0.2) is 9.98 Å². The number of nitrogens with zero attached hydrogens (tertiary/aromatic N) is 5. The van der Waals surface area contributed by atoms with Gasteiger partial charge in [0, 0.05) is 62.5 Å². The first kappa shape index (κ1) is 18.0. The van der Waals surface area contributed by atoms with Gasteiger partial charge >= 0.3 is 0 Å². The van der Waals surface area contributed by atoms with Crippen LogP contribution in [-0.4, -0.2) is 64.2 Å². The summed E-state index contributed by atoms with van der Waals surface area (Å²) in [5, 5.41) is 15.5. The Kier molecular flexibility index (Phi) is 5.06. The number of aromatic amines is 1. The van der Waals surface area contributed by atoms with Gasteiger partial charge in [-0.2, -0.15) is 5.10 Å². The van der Waals surface area contributed by atoms with Gasteiger partial charge in [-0.15, -0.1) is 0 Å². The van der Waals surface area contributed by atoms with Gasteiger partial charge in [0.05, 0.1) is 18.0 Å². The first-order valence-corrected chi connectivity index (χ1v) is 10.5. The van der Waals surface area contributed by atoms with Gasteiger partial charge in [-0.3, -0.25) is 10.1 Å². The Morgan fingerprint density at radius 1 is 1.21 bits per heavy atom. The van der Waals surface area contributed by atoms with E-state index >= 15 is 0 Å². The summed E-state index contributed by atoms with van der Waals surface area (Å²) in [6.07, 6.45) is 16.6. The predicted octanol–water partition coefficient (Wildman–Crippen LogP) is 2.57. The molecule has 3 aliphatic rings. The maximum absolute atomic E-state index is 4.84. The quantitative estimate of drug-likeness (QED) is 0.726. The molecule has 0 bridgehead atoms. The summed E-state index contributed by atoms with van der Waals surface area (Å²) in [6, 6.07) is -0.0222. The third-order valence-electron chi connectivity index (χ3n) is 4.99. The molecule has 1 atom stereocenters. The van der Waals surface area contributed by atoms with Crippen molar-refractivity contribution < 1.29 is 0 Å². The Morgan fingerprint density at radius 3 is 3.00 bits per heavy atom. The molecule has 2 aromatic heterocycles. The number of fused-ring (bicyclic) bond motifs is 1. The highest BCUT2D eigenvalue weighted by atomic mass is 32.1. The van der Waals surface area contributed by atoms with Crippen LogP contribution in [-0.2, 0) is 0 Å². The van der Waals surface area contributed by atoms with E-state index in [4.69, 9.17) is 9.98 Å². The largest absolute Gasteiger partial charge is 0.369 e. The van der Waals surface area contributed by atoms with E-state index in [9.17, 15) is 0 Å². The van der Waals surface area contributed by atoms with Crippen molar-refractivity contribution in [2.75, 3.05) is 31.5 Å². The van der Waals surface area contributed by atoms with Crippen LogP contribution < -0.4 is 10.6 Å². The molecule has 5 rings (SSSR count). The number of thiazole rings is 1. The second-order valence-electron chi connectivity index (χ2n) is 6.97. The van der Waals surface area contributed by atoms with Crippen LogP contribution in [0.5, 0.6) is 0 Å². The summed E-state index contributed by atoms with van der Waals surface area (Å²) >= 11 is 1.56. The Labute approximate surface area is 172 Å². The fourth-order valence-electron chi connectivity index (χ4n) is 3.52. The van der Waals surface area contributed by atoms with Gasteiger partial charge in [0.25, 0.3) is 0 Å². The highest BCUT2D eigenvalue weighted by molar-refractivity contribution is 7.19. The lowest BCUT2D eigenvalue weighted by molar-refractivity contribution is 0.306. The van der Waals surface area contributed by atoms with Crippen molar-refractivity contribution in [3.8, 4) is 0 Å². The molecule has 1 unspecified atom stereocenters. The fourth-order valence-corrected chi connectivity index (χ4v) is 4.41. The first-order valence-electron chi connectivity index (χ1n) is 9.73. The molecule has 1 saturated heterocycles. The number of anilines is 1. The number of piperazine rings is 1. The molecule has 2 aromatic rings. The molecule has 29 heavy (non-hydrogen) atoms. The van der Waals surface area contributed by atoms with Gasteiger partial charge in [-0.1, -0.05) is 17.4 Å². The van der Waals surface area contributed by atoms with Crippen molar-refractivity contribution >= 4 is 39.5 Å². The lowest BCUT2D eigenvalue weighted by atomic mass is 10.1. The summed E-state index contributed by atoms with van der Waals surface area (Å²) in [5.41, 5.74) is 4.09. The number of H-pyrrole nitrogens is 1. The van der Waals surface area contributed by atoms with Crippen molar-refractivity contribution in [3.05, 3.63) is 53.8 Å². The van der Waals surface area contributed by atoms with Crippen LogP contribution in [0.25, 0.3) is 6.08 Å². The third-order valence-corrected chi connectivity index (χ3v) is 5.89. The number of aliphatic imine (C=N–C) groups is 2. The molecule has 3 aliphatic heterocycles. The van der Waals surface area contributed by atoms with E-state index in [2.05, 4.69) is 49.0 Å². The number of allylic oxidation sites excluding steroid dienone is 2. The van der Waals surface area contributed by atoms with Gasteiger partial charge < -0.3 is 15.5 Å². The van der Waals surface area contributed by atoms with E-state index in [1.165, 1.54) is 5.70 Å². The second kappa shape index (κ2) is 8.14. The van der Waals surface area contributed by atoms with Gasteiger partial charge in [0.1, 0.15) is 10.7 Å². The summed E-state index contributed by atoms with van der Waals surface area (Å²) in [7, 11) is 0. The minimum Gasteiger partial charge on any atom is -0.369 e. The molecule has 0 aromatic carbocycles. The zero-order chi connectivity index (χ0) is 19.5. The van der Waals surface area contributed by atoms with Gasteiger partial charge in [0.15, 0.2) is 5.13 Å². The first-order chi connectivity index (χ1) is 14.3. The molecular weight excluding hydrogens is 384 g/mol. The highest BCUT2D eigenvalue weighted by Crippen LogP contribution is 2.35. The van der Waals surface area contributed by atoms with Crippen molar-refractivity contribution in [3.63, 3.8) is 0 Å². The molecular formula is C20H22N8S. The molecule has 1 fully saturated rings. The molecule has 0 radical (unpaired) electrons. The predicted molar refractivity (Wildman–Crippen MR) is 118 cm³/mol. The topological polar surface area (TPSA) is 93.6 Å². The molecule has 9 heteroatoms. The van der Waals surface area contributed by atoms with Crippen molar-refractivity contribution in [2.24, 2.45) is 9.98 Å². The number of aromatic nitrogens is 3. The van der Waals surface area contributed by atoms with Crippen molar-refractivity contribution in [2.45, 2.75) is 12.5 Å². The second-order valence-corrected chi connectivity index (χ2v) is 7.95. The van der Waals surface area contributed by atoms with Crippen LogP contribution in [0.4, 0.5) is 10.1 Å². The summed E-state index contributed by atoms with van der Waals surface area (Å²) < 4.78 is 0. The molecule has 148 valence electrons. The third kappa shape index (κ3) is 4.06. The summed E-state index contributed by atoms with van der Waals surface area (Å²) in [4.78, 5) is 16.4. The average Bonchev–Trinajstić information content (AvgIpc) is 3.29. The highest BCUT2D eigenvalue weighted by Gasteiger charge is 2.18. The molecule has 5 heterocycles. The Balaban J connectivity index is 1.37. The SMILES string of the molecule is C1=Cc2nc(NC3C=NC=CC(N4CCNCC4)=C3)sc2N=C(c2cn[nH]c2)C1. The van der Waals surface area contributed by atoms with Gasteiger partial charge in [0.2, 0.25) is 0 Å². The molecule has 0 amide bonds. The smallest absolute Gasteiger partial charge is 0.186 e. The number of hydrogen-bond acceptors (Lipinski definition) is 8. The van der Waals surface area contributed by atoms with Crippen LogP contribution in [0.15, 0.2) is 52.5 Å².